The molecule has 0 atom stereocenters. The summed E-state index contributed by atoms with van der Waals surface area (Å²) in [5.74, 6) is 0.496. The van der Waals surface area contributed by atoms with E-state index in [4.69, 9.17) is 10.2 Å². The third kappa shape index (κ3) is 3.56. The summed E-state index contributed by atoms with van der Waals surface area (Å²) in [5, 5.41) is 4.48. The summed E-state index contributed by atoms with van der Waals surface area (Å²) in [7, 11) is -1.65. The Bertz CT molecular complexity index is 670. The summed E-state index contributed by atoms with van der Waals surface area (Å²) >= 11 is 0. The first-order chi connectivity index (χ1) is 10.2. The minimum atomic E-state index is -1.65. The van der Waals surface area contributed by atoms with Crippen molar-refractivity contribution in [2.24, 2.45) is 0 Å². The summed E-state index contributed by atoms with van der Waals surface area (Å²) in [6.07, 6.45) is 6.53. The molecule has 0 aliphatic carbocycles. The van der Waals surface area contributed by atoms with Crippen molar-refractivity contribution < 1.29 is 4.43 Å². The van der Waals surface area contributed by atoms with Gasteiger partial charge in [-0.1, -0.05) is 26.8 Å². The maximum absolute atomic E-state index is 6.16. The van der Waals surface area contributed by atoms with Gasteiger partial charge in [-0.25, -0.2) is 9.50 Å². The molecule has 0 aliphatic rings. The number of aromatic nitrogens is 3. The standard InChI is InChI=1S/C16H26N4OSi/c1-16(2,3)22(4,5)21-11-7-6-8-13-9-10-14-15(17)18-12-19-20(13)14/h6,8-10,12H,7,11H2,1-5H3,(H2,17,18,19). The van der Waals surface area contributed by atoms with E-state index in [9.17, 15) is 0 Å². The number of fused-ring (bicyclic) bond motifs is 1. The molecule has 120 valence electrons. The Kier molecular flexibility index (Phi) is 4.72. The smallest absolute Gasteiger partial charge is 0.191 e. The molecule has 2 heterocycles. The molecule has 5 nitrogen and oxygen atoms in total. The van der Waals surface area contributed by atoms with Crippen molar-refractivity contribution in [2.75, 3.05) is 12.3 Å². The van der Waals surface area contributed by atoms with Crippen LogP contribution in [0.5, 0.6) is 0 Å². The lowest BCUT2D eigenvalue weighted by atomic mass is 10.2. The van der Waals surface area contributed by atoms with Crippen LogP contribution in [0.2, 0.25) is 18.1 Å². The van der Waals surface area contributed by atoms with Crippen molar-refractivity contribution in [1.82, 2.24) is 14.6 Å². The van der Waals surface area contributed by atoms with Crippen LogP contribution in [0.4, 0.5) is 5.82 Å². The SMILES string of the molecule is CC(C)(C)[Si](C)(C)OCCC=Cc1ccc2c(N)ncnn12. The van der Waals surface area contributed by atoms with Crippen LogP contribution >= 0.6 is 0 Å². The molecule has 0 saturated heterocycles. The molecule has 22 heavy (non-hydrogen) atoms. The van der Waals surface area contributed by atoms with Crippen molar-refractivity contribution >= 4 is 25.7 Å². The molecular weight excluding hydrogens is 292 g/mol. The molecule has 2 N–H and O–H groups in total. The van der Waals surface area contributed by atoms with E-state index in [0.29, 0.717) is 5.82 Å². The van der Waals surface area contributed by atoms with Gasteiger partial charge >= 0.3 is 0 Å². The van der Waals surface area contributed by atoms with Crippen LogP contribution in [0.25, 0.3) is 11.6 Å². The zero-order valence-corrected chi connectivity index (χ0v) is 15.1. The van der Waals surface area contributed by atoms with Gasteiger partial charge in [-0.2, -0.15) is 5.10 Å². The maximum atomic E-state index is 6.16. The monoisotopic (exact) mass is 318 g/mol. The van der Waals surface area contributed by atoms with E-state index in [2.05, 4.69) is 56.1 Å². The lowest BCUT2D eigenvalue weighted by Crippen LogP contribution is -2.40. The van der Waals surface area contributed by atoms with Gasteiger partial charge in [-0.05, 0) is 42.8 Å². The largest absolute Gasteiger partial charge is 0.417 e. The predicted octanol–water partition coefficient (Wildman–Crippen LogP) is 3.74. The van der Waals surface area contributed by atoms with Gasteiger partial charge in [0.25, 0.3) is 0 Å². The number of hydrogen-bond acceptors (Lipinski definition) is 4. The molecule has 2 rings (SSSR count). The average molecular weight is 318 g/mol. The molecular formula is C16H26N4OSi. The van der Waals surface area contributed by atoms with Gasteiger partial charge in [0.1, 0.15) is 11.8 Å². The summed E-state index contributed by atoms with van der Waals surface area (Å²) in [6.45, 7) is 12.1. The summed E-state index contributed by atoms with van der Waals surface area (Å²) in [4.78, 5) is 3.99. The Hall–Kier alpha value is -1.66. The van der Waals surface area contributed by atoms with Crippen LogP contribution < -0.4 is 5.73 Å². The van der Waals surface area contributed by atoms with Gasteiger partial charge < -0.3 is 10.2 Å². The number of nitrogens with zero attached hydrogens (tertiary/aromatic N) is 3. The molecule has 0 radical (unpaired) electrons. The van der Waals surface area contributed by atoms with Crippen molar-refractivity contribution in [3.05, 3.63) is 30.2 Å². The molecule has 2 aromatic heterocycles. The van der Waals surface area contributed by atoms with Crippen LogP contribution in [-0.2, 0) is 4.43 Å². The van der Waals surface area contributed by atoms with Crippen LogP contribution in [0.3, 0.4) is 0 Å². The van der Waals surface area contributed by atoms with Crippen LogP contribution in [0, 0.1) is 0 Å². The van der Waals surface area contributed by atoms with E-state index in [1.54, 1.807) is 4.52 Å². The number of hydrogen-bond donors (Lipinski definition) is 1. The molecule has 0 amide bonds. The first-order valence-electron chi connectivity index (χ1n) is 7.61. The summed E-state index contributed by atoms with van der Waals surface area (Å²) < 4.78 is 7.95. The van der Waals surface area contributed by atoms with Crippen molar-refractivity contribution in [3.8, 4) is 0 Å². The van der Waals surface area contributed by atoms with E-state index in [0.717, 1.165) is 24.2 Å². The second-order valence-corrected chi connectivity index (χ2v) is 11.8. The quantitative estimate of drug-likeness (QED) is 0.674. The van der Waals surface area contributed by atoms with Gasteiger partial charge in [0.05, 0.1) is 5.69 Å². The number of anilines is 1. The second-order valence-electron chi connectivity index (χ2n) is 7.00. The lowest BCUT2D eigenvalue weighted by Gasteiger charge is -2.36. The minimum Gasteiger partial charge on any atom is -0.417 e. The van der Waals surface area contributed by atoms with Crippen molar-refractivity contribution in [2.45, 2.75) is 45.3 Å². The first-order valence-corrected chi connectivity index (χ1v) is 10.5. The zero-order chi connectivity index (χ0) is 16.4. The molecule has 0 unspecified atom stereocenters. The minimum absolute atomic E-state index is 0.253. The van der Waals surface area contributed by atoms with Gasteiger partial charge in [-0.15, -0.1) is 0 Å². The maximum Gasteiger partial charge on any atom is 0.191 e. The normalized spacial score (nSPS) is 13.3. The highest BCUT2D eigenvalue weighted by Crippen LogP contribution is 2.36. The first kappa shape index (κ1) is 16.7. The molecule has 6 heteroatoms. The Balaban J connectivity index is 1.94. The van der Waals surface area contributed by atoms with Crippen LogP contribution in [0.15, 0.2) is 24.5 Å². The van der Waals surface area contributed by atoms with E-state index in [-0.39, 0.29) is 5.04 Å². The molecule has 0 aromatic carbocycles. The lowest BCUT2D eigenvalue weighted by molar-refractivity contribution is 0.294. The summed E-state index contributed by atoms with van der Waals surface area (Å²) in [6, 6.07) is 3.92. The van der Waals surface area contributed by atoms with Gasteiger partial charge in [0, 0.05) is 6.61 Å². The van der Waals surface area contributed by atoms with Gasteiger partial charge in [-0.3, -0.25) is 0 Å². The van der Waals surface area contributed by atoms with Crippen LogP contribution in [0.1, 0.15) is 32.9 Å². The molecule has 0 saturated carbocycles. The van der Waals surface area contributed by atoms with Crippen LogP contribution in [-0.4, -0.2) is 29.5 Å². The Labute approximate surface area is 133 Å². The molecule has 2 aromatic rings. The van der Waals surface area contributed by atoms with Gasteiger partial charge in [0.15, 0.2) is 14.1 Å². The van der Waals surface area contributed by atoms with E-state index in [1.807, 2.05) is 12.1 Å². The predicted molar refractivity (Wildman–Crippen MR) is 94.2 cm³/mol. The van der Waals surface area contributed by atoms with E-state index >= 15 is 0 Å². The van der Waals surface area contributed by atoms with Crippen molar-refractivity contribution in [1.29, 1.82) is 0 Å². The Morgan fingerprint density at radius 2 is 2.05 bits per heavy atom. The third-order valence-electron chi connectivity index (χ3n) is 4.35. The van der Waals surface area contributed by atoms with Gasteiger partial charge in [0.2, 0.25) is 0 Å². The number of nitrogens with two attached hydrogens (primary N) is 1. The zero-order valence-electron chi connectivity index (χ0n) is 14.1. The fraction of sp³-hybridized carbons (Fsp3) is 0.500. The second kappa shape index (κ2) is 6.22. The van der Waals surface area contributed by atoms with E-state index < -0.39 is 8.32 Å². The highest BCUT2D eigenvalue weighted by Gasteiger charge is 2.36. The molecule has 0 aliphatic heterocycles. The Morgan fingerprint density at radius 3 is 2.73 bits per heavy atom. The number of rotatable bonds is 5. The third-order valence-corrected chi connectivity index (χ3v) is 8.89. The topological polar surface area (TPSA) is 65.4 Å². The summed E-state index contributed by atoms with van der Waals surface area (Å²) in [5.41, 5.74) is 7.65. The highest BCUT2D eigenvalue weighted by atomic mass is 28.4. The fourth-order valence-corrected chi connectivity index (χ4v) is 2.96. The molecule has 0 spiro atoms. The Morgan fingerprint density at radius 1 is 1.32 bits per heavy atom. The number of nitrogen functional groups attached to an aromatic ring is 1. The highest BCUT2D eigenvalue weighted by molar-refractivity contribution is 6.74. The fourth-order valence-electron chi connectivity index (χ4n) is 1.90. The molecule has 0 bridgehead atoms. The van der Waals surface area contributed by atoms with E-state index in [1.165, 1.54) is 6.33 Å². The molecule has 0 fully saturated rings. The van der Waals surface area contributed by atoms with Crippen molar-refractivity contribution in [3.63, 3.8) is 0 Å². The average Bonchev–Trinajstić information content (AvgIpc) is 2.82.